The molecule has 2 amide bonds. The van der Waals surface area contributed by atoms with Crippen molar-refractivity contribution < 1.29 is 14.7 Å². The molecule has 0 radical (unpaired) electrons. The molecule has 1 unspecified atom stereocenters. The van der Waals surface area contributed by atoms with Crippen molar-refractivity contribution in [1.82, 2.24) is 4.90 Å². The van der Waals surface area contributed by atoms with E-state index in [9.17, 15) is 19.6 Å². The Kier molecular flexibility index (Phi) is 5.99. The Balaban J connectivity index is 1.74. The lowest BCUT2D eigenvalue weighted by molar-refractivity contribution is -0.141. The standard InChI is InChI=1S/C22H21N3O4/c1-25(2)22(28)20(26)19(24-29)21(27)23-18-11-9-15(10-12-18)17-8-7-14-5-3-4-6-16(14)13-17/h3-13,19-20,26H,1-2H3,(H,23,27)/t19?,20-/m1/s1. The Hall–Kier alpha value is -3.58. The van der Waals surface area contributed by atoms with Crippen molar-refractivity contribution in [3.05, 3.63) is 71.6 Å². The fraction of sp³-hybridized carbons (Fsp3) is 0.182. The Morgan fingerprint density at radius 1 is 0.931 bits per heavy atom. The van der Waals surface area contributed by atoms with E-state index in [0.29, 0.717) is 5.69 Å². The second-order valence-corrected chi connectivity index (χ2v) is 6.86. The number of carbonyl (C=O) groups excluding carboxylic acids is 2. The van der Waals surface area contributed by atoms with Crippen molar-refractivity contribution in [2.45, 2.75) is 12.1 Å². The minimum atomic E-state index is -1.83. The van der Waals surface area contributed by atoms with Crippen LogP contribution in [0.25, 0.3) is 21.9 Å². The Bertz CT molecular complexity index is 1050. The summed E-state index contributed by atoms with van der Waals surface area (Å²) in [6.07, 6.45) is -1.83. The van der Waals surface area contributed by atoms with Gasteiger partial charge in [-0.15, -0.1) is 4.91 Å². The first-order valence-corrected chi connectivity index (χ1v) is 9.02. The average Bonchev–Trinajstić information content (AvgIpc) is 2.73. The van der Waals surface area contributed by atoms with Gasteiger partial charge in [0.1, 0.15) is 0 Å². The molecule has 0 aliphatic rings. The highest BCUT2D eigenvalue weighted by molar-refractivity contribution is 5.99. The zero-order valence-corrected chi connectivity index (χ0v) is 16.1. The first-order valence-electron chi connectivity index (χ1n) is 9.02. The van der Waals surface area contributed by atoms with Gasteiger partial charge >= 0.3 is 0 Å². The number of aliphatic hydroxyl groups excluding tert-OH is 1. The van der Waals surface area contributed by atoms with Gasteiger partial charge in [-0.3, -0.25) is 9.59 Å². The summed E-state index contributed by atoms with van der Waals surface area (Å²) in [6.45, 7) is 0. The van der Waals surface area contributed by atoms with E-state index in [2.05, 4.69) is 16.6 Å². The van der Waals surface area contributed by atoms with Crippen molar-refractivity contribution in [2.75, 3.05) is 19.4 Å². The second-order valence-electron chi connectivity index (χ2n) is 6.86. The quantitative estimate of drug-likeness (QED) is 0.631. The van der Waals surface area contributed by atoms with Crippen LogP contribution in [0.4, 0.5) is 5.69 Å². The van der Waals surface area contributed by atoms with Gasteiger partial charge in [0.15, 0.2) is 6.10 Å². The molecule has 7 nitrogen and oxygen atoms in total. The summed E-state index contributed by atoms with van der Waals surface area (Å²) in [4.78, 5) is 36.2. The average molecular weight is 391 g/mol. The zero-order valence-electron chi connectivity index (χ0n) is 16.1. The number of anilines is 1. The van der Waals surface area contributed by atoms with E-state index in [1.807, 2.05) is 48.5 Å². The molecule has 2 atom stereocenters. The van der Waals surface area contributed by atoms with Gasteiger partial charge in [-0.1, -0.05) is 53.7 Å². The molecule has 3 rings (SSSR count). The molecule has 3 aromatic rings. The first kappa shape index (κ1) is 20.2. The van der Waals surface area contributed by atoms with E-state index in [0.717, 1.165) is 26.8 Å². The van der Waals surface area contributed by atoms with Gasteiger partial charge < -0.3 is 15.3 Å². The van der Waals surface area contributed by atoms with Crippen molar-refractivity contribution in [1.29, 1.82) is 0 Å². The SMILES string of the molecule is CN(C)C(=O)[C@H](O)C(N=O)C(=O)Nc1ccc(-c2ccc3ccccc3c2)cc1. The van der Waals surface area contributed by atoms with Gasteiger partial charge in [0, 0.05) is 19.8 Å². The molecule has 0 fully saturated rings. The van der Waals surface area contributed by atoms with Gasteiger partial charge in [0.25, 0.3) is 11.8 Å². The number of nitrogens with one attached hydrogen (secondary N) is 1. The molecule has 0 heterocycles. The molecule has 2 N–H and O–H groups in total. The van der Waals surface area contributed by atoms with Crippen molar-refractivity contribution in [3.8, 4) is 11.1 Å². The first-order chi connectivity index (χ1) is 13.9. The number of nitrogens with zero attached hydrogens (tertiary/aromatic N) is 2. The number of rotatable bonds is 6. The number of benzene rings is 3. The lowest BCUT2D eigenvalue weighted by Crippen LogP contribution is -2.46. The molecule has 3 aromatic carbocycles. The van der Waals surface area contributed by atoms with E-state index in [1.165, 1.54) is 14.1 Å². The predicted octanol–water partition coefficient (Wildman–Crippen LogP) is 3.03. The molecule has 0 aliphatic carbocycles. The lowest BCUT2D eigenvalue weighted by atomic mass is 10.0. The smallest absolute Gasteiger partial charge is 0.256 e. The maximum atomic E-state index is 12.3. The number of amides is 2. The summed E-state index contributed by atoms with van der Waals surface area (Å²) in [5, 5.41) is 17.3. The third-order valence-electron chi connectivity index (χ3n) is 4.61. The molecule has 0 aromatic heterocycles. The number of carbonyl (C=O) groups is 2. The summed E-state index contributed by atoms with van der Waals surface area (Å²) >= 11 is 0. The highest BCUT2D eigenvalue weighted by Crippen LogP contribution is 2.25. The Morgan fingerprint density at radius 3 is 2.17 bits per heavy atom. The van der Waals surface area contributed by atoms with Gasteiger partial charge in [-0.05, 0) is 40.1 Å². The monoisotopic (exact) mass is 391 g/mol. The number of hydrogen-bond acceptors (Lipinski definition) is 5. The molecular formula is C22H21N3O4. The molecule has 0 saturated heterocycles. The van der Waals surface area contributed by atoms with E-state index in [-0.39, 0.29) is 0 Å². The molecule has 7 heteroatoms. The topological polar surface area (TPSA) is 99.1 Å². The number of likely N-dealkylation sites (N-methyl/N-ethyl adjacent to an activating group) is 1. The van der Waals surface area contributed by atoms with Crippen molar-refractivity contribution in [2.24, 2.45) is 5.18 Å². The maximum absolute atomic E-state index is 12.3. The van der Waals surface area contributed by atoms with Crippen LogP contribution in [0, 0.1) is 4.91 Å². The van der Waals surface area contributed by atoms with Crippen LogP contribution in [0.5, 0.6) is 0 Å². The van der Waals surface area contributed by atoms with Gasteiger partial charge in [0.2, 0.25) is 6.04 Å². The largest absolute Gasteiger partial charge is 0.380 e. The van der Waals surface area contributed by atoms with Crippen LogP contribution in [-0.4, -0.2) is 48.1 Å². The van der Waals surface area contributed by atoms with E-state index in [1.54, 1.807) is 12.1 Å². The Labute approximate surface area is 167 Å². The van der Waals surface area contributed by atoms with Gasteiger partial charge in [0.05, 0.1) is 0 Å². The normalized spacial score (nSPS) is 12.8. The molecule has 148 valence electrons. The van der Waals surface area contributed by atoms with Crippen LogP contribution in [-0.2, 0) is 9.59 Å². The molecule has 0 aliphatic heterocycles. The molecule has 0 bridgehead atoms. The summed E-state index contributed by atoms with van der Waals surface area (Å²) < 4.78 is 0. The van der Waals surface area contributed by atoms with E-state index < -0.39 is 24.0 Å². The Morgan fingerprint density at radius 2 is 1.55 bits per heavy atom. The molecule has 29 heavy (non-hydrogen) atoms. The van der Waals surface area contributed by atoms with Crippen molar-refractivity contribution in [3.63, 3.8) is 0 Å². The van der Waals surface area contributed by atoms with Gasteiger partial charge in [-0.25, -0.2) is 0 Å². The van der Waals surface area contributed by atoms with Crippen molar-refractivity contribution >= 4 is 28.3 Å². The van der Waals surface area contributed by atoms with Gasteiger partial charge in [-0.2, -0.15) is 0 Å². The minimum absolute atomic E-state index is 0.428. The summed E-state index contributed by atoms with van der Waals surface area (Å²) in [5.41, 5.74) is 2.42. The highest BCUT2D eigenvalue weighted by atomic mass is 16.3. The van der Waals surface area contributed by atoms with E-state index >= 15 is 0 Å². The fourth-order valence-electron chi connectivity index (χ4n) is 2.98. The molecular weight excluding hydrogens is 370 g/mol. The number of nitroso groups, excluding NO2 is 1. The molecule has 0 spiro atoms. The molecule has 0 saturated carbocycles. The predicted molar refractivity (Wildman–Crippen MR) is 112 cm³/mol. The zero-order chi connectivity index (χ0) is 21.0. The highest BCUT2D eigenvalue weighted by Gasteiger charge is 2.34. The van der Waals surface area contributed by atoms with Crippen LogP contribution in [0.1, 0.15) is 0 Å². The lowest BCUT2D eigenvalue weighted by Gasteiger charge is -2.19. The summed E-state index contributed by atoms with van der Waals surface area (Å²) in [7, 11) is 2.83. The number of hydrogen-bond donors (Lipinski definition) is 2. The van der Waals surface area contributed by atoms with Crippen LogP contribution < -0.4 is 5.32 Å². The fourth-order valence-corrected chi connectivity index (χ4v) is 2.98. The minimum Gasteiger partial charge on any atom is -0.380 e. The van der Waals surface area contributed by atoms with Crippen LogP contribution >= 0.6 is 0 Å². The summed E-state index contributed by atoms with van der Waals surface area (Å²) in [5.74, 6) is -1.61. The van der Waals surface area contributed by atoms with E-state index in [4.69, 9.17) is 0 Å². The second kappa shape index (κ2) is 8.62. The van der Waals surface area contributed by atoms with Crippen LogP contribution in [0.15, 0.2) is 71.9 Å². The maximum Gasteiger partial charge on any atom is 0.256 e. The third-order valence-corrected chi connectivity index (χ3v) is 4.61. The van der Waals surface area contributed by atoms with Crippen LogP contribution in [0.2, 0.25) is 0 Å². The summed E-state index contributed by atoms with van der Waals surface area (Å²) in [6, 6.07) is 19.5. The third kappa shape index (κ3) is 4.47. The van der Waals surface area contributed by atoms with Crippen LogP contribution in [0.3, 0.4) is 0 Å². The number of aliphatic hydroxyl groups is 1. The number of fused-ring (bicyclic) bond motifs is 1.